The van der Waals surface area contributed by atoms with Crippen molar-refractivity contribution >= 4 is 24.3 Å². The molecule has 1 amide bonds. The first-order chi connectivity index (χ1) is 17.5. The number of nitrogens with one attached hydrogen (secondary N) is 2. The van der Waals surface area contributed by atoms with E-state index < -0.39 is 18.3 Å². The number of nitrogens with zero attached hydrogens (tertiary/aromatic N) is 2. The molecule has 0 unspecified atom stereocenters. The number of carbonyl (C=O) groups excluding carboxylic acids is 1. The summed E-state index contributed by atoms with van der Waals surface area (Å²) in [7, 11) is -0.439. The molecule has 1 aliphatic heterocycles. The summed E-state index contributed by atoms with van der Waals surface area (Å²) in [5.41, 5.74) is 2.36. The van der Waals surface area contributed by atoms with Gasteiger partial charge in [-0.1, -0.05) is 36.4 Å². The smallest absolute Gasteiger partial charge is 0.399 e. The van der Waals surface area contributed by atoms with Crippen molar-refractivity contribution in [3.63, 3.8) is 0 Å². The molecule has 0 aliphatic carbocycles. The summed E-state index contributed by atoms with van der Waals surface area (Å²) in [6.45, 7) is 10.3. The maximum absolute atomic E-state index is 13.3. The third kappa shape index (κ3) is 5.82. The normalized spacial score (nSPS) is 16.6. The fraction of sp³-hybridized carbons (Fsp3) is 0.321. The minimum absolute atomic E-state index is 0.252. The molecule has 2 aromatic carbocycles. The molecule has 1 aliphatic rings. The first-order valence-electron chi connectivity index (χ1n) is 12.1. The number of pyridine rings is 1. The fourth-order valence-electron chi connectivity index (χ4n) is 3.91. The molecule has 9 heteroatoms. The van der Waals surface area contributed by atoms with Crippen LogP contribution in [0.5, 0.6) is 0 Å². The van der Waals surface area contributed by atoms with Crippen LogP contribution in [0.25, 0.3) is 0 Å². The van der Waals surface area contributed by atoms with Gasteiger partial charge in [-0.25, -0.2) is 9.37 Å². The number of hydrogen-bond donors (Lipinski definition) is 2. The van der Waals surface area contributed by atoms with Gasteiger partial charge in [0.1, 0.15) is 17.7 Å². The molecule has 1 aromatic heterocycles. The highest BCUT2D eigenvalue weighted by molar-refractivity contribution is 6.62. The summed E-state index contributed by atoms with van der Waals surface area (Å²) in [6, 6.07) is 17.0. The van der Waals surface area contributed by atoms with Crippen LogP contribution in [-0.2, 0) is 15.9 Å². The highest BCUT2D eigenvalue weighted by Crippen LogP contribution is 2.36. The molecule has 3 aromatic rings. The lowest BCUT2D eigenvalue weighted by Gasteiger charge is -2.32. The Hall–Kier alpha value is -3.74. The number of amides is 1. The zero-order chi connectivity index (χ0) is 26.8. The Morgan fingerprint density at radius 2 is 1.70 bits per heavy atom. The Morgan fingerprint density at radius 3 is 2.30 bits per heavy atom. The quantitative estimate of drug-likeness (QED) is 0.464. The van der Waals surface area contributed by atoms with E-state index in [1.165, 1.54) is 24.4 Å². The summed E-state index contributed by atoms with van der Waals surface area (Å²) in [5, 5.41) is 15.4. The zero-order valence-corrected chi connectivity index (χ0v) is 21.6. The monoisotopic (exact) mass is 500 g/mol. The Balaban J connectivity index is 1.45. The van der Waals surface area contributed by atoms with Crippen molar-refractivity contribution in [2.45, 2.75) is 58.4 Å². The molecule has 4 rings (SSSR count). The van der Waals surface area contributed by atoms with Gasteiger partial charge in [0.15, 0.2) is 0 Å². The van der Waals surface area contributed by atoms with Crippen LogP contribution in [-0.4, -0.2) is 29.2 Å². The summed E-state index contributed by atoms with van der Waals surface area (Å²) in [4.78, 5) is 17.4. The van der Waals surface area contributed by atoms with Crippen molar-refractivity contribution in [1.82, 2.24) is 10.3 Å². The van der Waals surface area contributed by atoms with Crippen LogP contribution in [0.15, 0.2) is 60.8 Å². The van der Waals surface area contributed by atoms with E-state index in [1.54, 1.807) is 19.1 Å². The van der Waals surface area contributed by atoms with Gasteiger partial charge < -0.3 is 19.9 Å². The van der Waals surface area contributed by atoms with Gasteiger partial charge in [0, 0.05) is 12.7 Å². The van der Waals surface area contributed by atoms with Gasteiger partial charge in [0.2, 0.25) is 0 Å². The second-order valence-electron chi connectivity index (χ2n) is 10.2. The van der Waals surface area contributed by atoms with Gasteiger partial charge in [0.25, 0.3) is 5.91 Å². The molecular weight excluding hydrogens is 470 g/mol. The topological polar surface area (TPSA) is 96.3 Å². The Bertz CT molecular complexity index is 1300. The average molecular weight is 500 g/mol. The Morgan fingerprint density at radius 1 is 1.08 bits per heavy atom. The molecule has 0 radical (unpaired) electrons. The molecular formula is C28H30BFN4O3. The zero-order valence-electron chi connectivity index (χ0n) is 21.6. The van der Waals surface area contributed by atoms with E-state index in [-0.39, 0.29) is 28.9 Å². The molecule has 1 fully saturated rings. The Labute approximate surface area is 217 Å². The van der Waals surface area contributed by atoms with E-state index >= 15 is 0 Å². The lowest BCUT2D eigenvalue weighted by atomic mass is 9.79. The summed E-state index contributed by atoms with van der Waals surface area (Å²) in [6.07, 6.45) is 1.42. The van der Waals surface area contributed by atoms with Gasteiger partial charge in [-0.3, -0.25) is 4.79 Å². The summed E-state index contributed by atoms with van der Waals surface area (Å²) in [5.74, 6) is -0.374. The van der Waals surface area contributed by atoms with Crippen molar-refractivity contribution in [2.75, 3.05) is 5.32 Å². The van der Waals surface area contributed by atoms with Gasteiger partial charge in [-0.15, -0.1) is 0 Å². The maximum Gasteiger partial charge on any atom is 0.494 e. The van der Waals surface area contributed by atoms with Crippen LogP contribution in [0.3, 0.4) is 0 Å². The van der Waals surface area contributed by atoms with Gasteiger partial charge in [-0.05, 0) is 69.4 Å². The lowest BCUT2D eigenvalue weighted by Crippen LogP contribution is -2.41. The molecule has 1 atom stereocenters. The number of nitriles is 1. The molecule has 2 heterocycles. The minimum atomic E-state index is -0.439. The van der Waals surface area contributed by atoms with E-state index in [0.717, 1.165) is 16.6 Å². The third-order valence-electron chi connectivity index (χ3n) is 6.94. The molecule has 2 N–H and O–H groups in total. The molecule has 7 nitrogen and oxygen atoms in total. The largest absolute Gasteiger partial charge is 0.494 e. The molecule has 190 valence electrons. The average Bonchev–Trinajstić information content (AvgIpc) is 3.09. The fourth-order valence-corrected chi connectivity index (χ4v) is 3.91. The number of hydrogen-bond acceptors (Lipinski definition) is 6. The summed E-state index contributed by atoms with van der Waals surface area (Å²) < 4.78 is 25.5. The first kappa shape index (κ1) is 26.3. The molecule has 37 heavy (non-hydrogen) atoms. The molecule has 0 spiro atoms. The van der Waals surface area contributed by atoms with E-state index in [4.69, 9.17) is 9.31 Å². The lowest BCUT2D eigenvalue weighted by molar-refractivity contribution is 0.00578. The third-order valence-corrected chi connectivity index (χ3v) is 6.94. The van der Waals surface area contributed by atoms with E-state index in [9.17, 15) is 14.4 Å². The number of benzene rings is 2. The van der Waals surface area contributed by atoms with Crippen molar-refractivity contribution in [1.29, 1.82) is 5.26 Å². The van der Waals surface area contributed by atoms with E-state index in [0.29, 0.717) is 12.4 Å². The summed E-state index contributed by atoms with van der Waals surface area (Å²) >= 11 is 0. The van der Waals surface area contributed by atoms with Crippen LogP contribution in [0, 0.1) is 17.1 Å². The van der Waals surface area contributed by atoms with Gasteiger partial charge >= 0.3 is 7.12 Å². The molecule has 1 saturated heterocycles. The van der Waals surface area contributed by atoms with Crippen LogP contribution < -0.4 is 16.1 Å². The second kappa shape index (κ2) is 10.3. The van der Waals surface area contributed by atoms with Crippen molar-refractivity contribution in [3.8, 4) is 6.07 Å². The highest BCUT2D eigenvalue weighted by atomic mass is 19.1. The first-order valence-corrected chi connectivity index (χ1v) is 12.1. The van der Waals surface area contributed by atoms with Crippen LogP contribution >= 0.6 is 0 Å². The molecule has 0 saturated carbocycles. The number of carbonyl (C=O) groups is 1. The van der Waals surface area contributed by atoms with Gasteiger partial charge in [0.05, 0.1) is 28.4 Å². The van der Waals surface area contributed by atoms with Crippen LogP contribution in [0.2, 0.25) is 0 Å². The second-order valence-corrected chi connectivity index (χ2v) is 10.2. The SMILES string of the molecule is C[C@H](NC(=O)c1cc(C#N)cnc1NCc1ccc(B2OC(C)(C)C(C)(C)O2)cc1)c1ccc(F)cc1. The van der Waals surface area contributed by atoms with Crippen molar-refractivity contribution in [3.05, 3.63) is 88.9 Å². The van der Waals surface area contributed by atoms with Crippen LogP contribution in [0.1, 0.15) is 67.7 Å². The van der Waals surface area contributed by atoms with Crippen molar-refractivity contribution in [2.24, 2.45) is 0 Å². The Kier molecular flexibility index (Phi) is 7.35. The predicted molar refractivity (Wildman–Crippen MR) is 141 cm³/mol. The number of halogens is 1. The number of anilines is 1. The number of rotatable bonds is 7. The van der Waals surface area contributed by atoms with Crippen molar-refractivity contribution < 1.29 is 18.5 Å². The standard InChI is InChI=1S/C28H30BFN4O3/c1-18(21-8-12-23(30)13-9-21)34-26(35)24-14-20(15-31)17-33-25(24)32-16-19-6-10-22(11-7-19)29-36-27(2,3)28(4,5)37-29/h6-14,17-18H,16H2,1-5H3,(H,32,33)(H,34,35)/t18-/m0/s1. The molecule has 0 bridgehead atoms. The predicted octanol–water partition coefficient (Wildman–Crippen LogP) is 4.49. The highest BCUT2D eigenvalue weighted by Gasteiger charge is 2.51. The van der Waals surface area contributed by atoms with E-state index in [2.05, 4.69) is 15.6 Å². The minimum Gasteiger partial charge on any atom is -0.399 e. The van der Waals surface area contributed by atoms with Crippen LogP contribution in [0.4, 0.5) is 10.2 Å². The maximum atomic E-state index is 13.3. The van der Waals surface area contributed by atoms with Gasteiger partial charge in [-0.2, -0.15) is 5.26 Å². The number of aromatic nitrogens is 1. The van der Waals surface area contributed by atoms with E-state index in [1.807, 2.05) is 58.0 Å².